The fourth-order valence-electron chi connectivity index (χ4n) is 1.58. The quantitative estimate of drug-likeness (QED) is 0.852. The fourth-order valence-corrected chi connectivity index (χ4v) is 1.69. The van der Waals surface area contributed by atoms with Crippen molar-refractivity contribution in [2.24, 2.45) is 5.73 Å². The minimum Gasteiger partial charge on any atom is -0.388 e. The molecule has 7 heteroatoms. The molecule has 0 fully saturated rings. The molecular weight excluding hydrogens is 287 g/mol. The van der Waals surface area contributed by atoms with Crippen LogP contribution in [0.15, 0.2) is 42.6 Å². The minimum atomic E-state index is -4.38. The van der Waals surface area contributed by atoms with Crippen LogP contribution in [0.1, 0.15) is 11.3 Å². The molecule has 0 aliphatic rings. The zero-order valence-electron chi connectivity index (χ0n) is 10.1. The molecule has 0 aliphatic heterocycles. The first-order chi connectivity index (χ1) is 9.36. The van der Waals surface area contributed by atoms with Crippen molar-refractivity contribution in [3.8, 4) is 0 Å². The molecule has 20 heavy (non-hydrogen) atoms. The first kappa shape index (κ1) is 14.3. The normalized spacial score (nSPS) is 11.2. The molecule has 0 saturated heterocycles. The fraction of sp³-hybridized carbons (Fsp3) is 0.0769. The molecule has 1 aromatic heterocycles. The Bertz CT molecular complexity index is 641. The molecule has 3 N–H and O–H groups in total. The highest BCUT2D eigenvalue weighted by atomic mass is 32.1. The van der Waals surface area contributed by atoms with Gasteiger partial charge in [-0.15, -0.1) is 0 Å². The van der Waals surface area contributed by atoms with Crippen molar-refractivity contribution in [1.29, 1.82) is 0 Å². The van der Waals surface area contributed by atoms with Crippen LogP contribution in [0.5, 0.6) is 0 Å². The molecular formula is C13H10F3N3S. The third kappa shape index (κ3) is 3.45. The lowest BCUT2D eigenvalue weighted by Gasteiger charge is -2.11. The van der Waals surface area contributed by atoms with Gasteiger partial charge in [0.1, 0.15) is 4.99 Å². The van der Waals surface area contributed by atoms with Crippen LogP contribution in [-0.4, -0.2) is 9.97 Å². The number of benzene rings is 1. The largest absolute Gasteiger partial charge is 0.416 e. The summed E-state index contributed by atoms with van der Waals surface area (Å²) >= 11 is 4.79. The van der Waals surface area contributed by atoms with E-state index >= 15 is 0 Å². The highest BCUT2D eigenvalue weighted by molar-refractivity contribution is 7.80. The number of hydrogen-bond acceptors (Lipinski definition) is 3. The SMILES string of the molecule is NC(=S)c1cc(Nc2cccc(C(F)(F)F)c2)ccn1. The first-order valence-electron chi connectivity index (χ1n) is 5.56. The first-order valence-corrected chi connectivity index (χ1v) is 5.97. The summed E-state index contributed by atoms with van der Waals surface area (Å²) in [6, 6.07) is 8.10. The zero-order chi connectivity index (χ0) is 14.8. The molecule has 0 spiro atoms. The second kappa shape index (κ2) is 5.46. The van der Waals surface area contributed by atoms with Crippen molar-refractivity contribution < 1.29 is 13.2 Å². The van der Waals surface area contributed by atoms with Crippen molar-refractivity contribution in [1.82, 2.24) is 4.98 Å². The Labute approximate surface area is 118 Å². The molecule has 0 bridgehead atoms. The van der Waals surface area contributed by atoms with Gasteiger partial charge in [-0.05, 0) is 30.3 Å². The number of nitrogens with one attached hydrogen (secondary N) is 1. The summed E-state index contributed by atoms with van der Waals surface area (Å²) < 4.78 is 37.8. The Balaban J connectivity index is 2.26. The van der Waals surface area contributed by atoms with E-state index in [1.54, 1.807) is 12.1 Å². The summed E-state index contributed by atoms with van der Waals surface area (Å²) in [5.41, 5.74) is 6.01. The van der Waals surface area contributed by atoms with E-state index < -0.39 is 11.7 Å². The van der Waals surface area contributed by atoms with Gasteiger partial charge in [-0.2, -0.15) is 13.2 Å². The maximum absolute atomic E-state index is 12.6. The molecule has 2 aromatic rings. The maximum atomic E-state index is 12.6. The number of alkyl halides is 3. The van der Waals surface area contributed by atoms with Crippen molar-refractivity contribution in [3.05, 3.63) is 53.9 Å². The number of anilines is 2. The molecule has 0 aliphatic carbocycles. The summed E-state index contributed by atoms with van der Waals surface area (Å²) in [5.74, 6) is 0. The highest BCUT2D eigenvalue weighted by Crippen LogP contribution is 2.31. The number of halogens is 3. The van der Waals surface area contributed by atoms with Gasteiger partial charge in [0.2, 0.25) is 0 Å². The van der Waals surface area contributed by atoms with Crippen LogP contribution in [0.3, 0.4) is 0 Å². The second-order valence-electron chi connectivity index (χ2n) is 4.00. The highest BCUT2D eigenvalue weighted by Gasteiger charge is 2.30. The molecule has 0 saturated carbocycles. The second-order valence-corrected chi connectivity index (χ2v) is 4.44. The summed E-state index contributed by atoms with van der Waals surface area (Å²) in [7, 11) is 0. The third-order valence-corrected chi connectivity index (χ3v) is 2.70. The molecule has 1 aromatic carbocycles. The Kier molecular flexibility index (Phi) is 3.89. The van der Waals surface area contributed by atoms with Crippen molar-refractivity contribution in [2.75, 3.05) is 5.32 Å². The molecule has 0 unspecified atom stereocenters. The molecule has 3 nitrogen and oxygen atoms in total. The number of rotatable bonds is 3. The molecule has 104 valence electrons. The van der Waals surface area contributed by atoms with Crippen molar-refractivity contribution in [2.45, 2.75) is 6.18 Å². The van der Waals surface area contributed by atoms with Crippen molar-refractivity contribution in [3.63, 3.8) is 0 Å². The van der Waals surface area contributed by atoms with E-state index in [0.717, 1.165) is 12.1 Å². The number of nitrogens with zero attached hydrogens (tertiary/aromatic N) is 1. The number of aromatic nitrogens is 1. The standard InChI is InChI=1S/C13H10F3N3S/c14-13(15,16)8-2-1-3-9(6-8)19-10-4-5-18-11(7-10)12(17)20/h1-7H,(H2,17,20)(H,18,19). The lowest BCUT2D eigenvalue weighted by Crippen LogP contribution is -2.11. The van der Waals surface area contributed by atoms with Gasteiger partial charge < -0.3 is 11.1 Å². The number of pyridine rings is 1. The maximum Gasteiger partial charge on any atom is 0.416 e. The van der Waals surface area contributed by atoms with E-state index in [4.69, 9.17) is 18.0 Å². The predicted octanol–water partition coefficient (Wildman–Crippen LogP) is 3.48. The van der Waals surface area contributed by atoms with Gasteiger partial charge in [-0.1, -0.05) is 18.3 Å². The molecule has 1 heterocycles. The van der Waals surface area contributed by atoms with Crippen LogP contribution in [0.25, 0.3) is 0 Å². The van der Waals surface area contributed by atoms with E-state index in [1.165, 1.54) is 18.3 Å². The van der Waals surface area contributed by atoms with E-state index in [-0.39, 0.29) is 4.99 Å². The summed E-state index contributed by atoms with van der Waals surface area (Å²) in [5, 5.41) is 2.86. The Hall–Kier alpha value is -2.15. The van der Waals surface area contributed by atoms with Crippen molar-refractivity contribution >= 4 is 28.6 Å². The predicted molar refractivity (Wildman–Crippen MR) is 74.9 cm³/mol. The van der Waals surface area contributed by atoms with Gasteiger partial charge in [-0.3, -0.25) is 4.98 Å². The van der Waals surface area contributed by atoms with Crippen LogP contribution in [0.2, 0.25) is 0 Å². The van der Waals surface area contributed by atoms with Crippen LogP contribution in [0, 0.1) is 0 Å². The Morgan fingerprint density at radius 1 is 1.15 bits per heavy atom. The van der Waals surface area contributed by atoms with E-state index in [2.05, 4.69) is 10.3 Å². The van der Waals surface area contributed by atoms with Gasteiger partial charge in [0.05, 0.1) is 11.3 Å². The average Bonchev–Trinajstić information content (AvgIpc) is 2.38. The summed E-state index contributed by atoms with van der Waals surface area (Å²) in [6.45, 7) is 0. The smallest absolute Gasteiger partial charge is 0.388 e. The number of hydrogen-bond donors (Lipinski definition) is 2. The Morgan fingerprint density at radius 3 is 2.50 bits per heavy atom. The lowest BCUT2D eigenvalue weighted by atomic mass is 10.2. The monoisotopic (exact) mass is 297 g/mol. The summed E-state index contributed by atoms with van der Waals surface area (Å²) in [4.78, 5) is 4.07. The van der Waals surface area contributed by atoms with E-state index in [9.17, 15) is 13.2 Å². The molecule has 2 rings (SSSR count). The van der Waals surface area contributed by atoms with Crippen LogP contribution in [0.4, 0.5) is 24.5 Å². The number of nitrogens with two attached hydrogens (primary N) is 1. The number of thiocarbonyl (C=S) groups is 1. The van der Waals surface area contributed by atoms with Gasteiger partial charge >= 0.3 is 6.18 Å². The van der Waals surface area contributed by atoms with Gasteiger partial charge in [-0.25, -0.2) is 0 Å². The molecule has 0 radical (unpaired) electrons. The average molecular weight is 297 g/mol. The lowest BCUT2D eigenvalue weighted by molar-refractivity contribution is -0.137. The van der Waals surface area contributed by atoms with Gasteiger partial charge in [0, 0.05) is 17.6 Å². The van der Waals surface area contributed by atoms with Gasteiger partial charge in [0.25, 0.3) is 0 Å². The Morgan fingerprint density at radius 2 is 1.85 bits per heavy atom. The van der Waals surface area contributed by atoms with E-state index in [0.29, 0.717) is 17.1 Å². The van der Waals surface area contributed by atoms with Gasteiger partial charge in [0.15, 0.2) is 0 Å². The zero-order valence-corrected chi connectivity index (χ0v) is 10.9. The minimum absolute atomic E-state index is 0.123. The topological polar surface area (TPSA) is 50.9 Å². The van der Waals surface area contributed by atoms with E-state index in [1.807, 2.05) is 0 Å². The third-order valence-electron chi connectivity index (χ3n) is 2.49. The van der Waals surface area contributed by atoms with Crippen LogP contribution in [-0.2, 0) is 6.18 Å². The van der Waals surface area contributed by atoms with Crippen LogP contribution < -0.4 is 11.1 Å². The van der Waals surface area contributed by atoms with Crippen LogP contribution >= 0.6 is 12.2 Å². The molecule has 0 amide bonds. The molecule has 0 atom stereocenters. The summed E-state index contributed by atoms with van der Waals surface area (Å²) in [6.07, 6.45) is -2.90.